The molecule has 0 unspecified atom stereocenters. The number of carboxylic acid groups (broad SMARTS) is 1. The number of nitrogens with zero attached hydrogens (tertiary/aromatic N) is 1. The van der Waals surface area contributed by atoms with E-state index in [1.54, 1.807) is 24.0 Å². The summed E-state index contributed by atoms with van der Waals surface area (Å²) in [7, 11) is 0. The second-order valence-corrected chi connectivity index (χ2v) is 4.88. The van der Waals surface area contributed by atoms with Gasteiger partial charge in [-0.05, 0) is 23.1 Å². The number of carbonyl (C=O) groups is 2. The number of amides is 1. The summed E-state index contributed by atoms with van der Waals surface area (Å²) < 4.78 is 0. The van der Waals surface area contributed by atoms with E-state index >= 15 is 0 Å². The summed E-state index contributed by atoms with van der Waals surface area (Å²) in [6.45, 7) is 0.487. The average Bonchev–Trinajstić information content (AvgIpc) is 3.07. The number of carbonyl (C=O) groups excluding carboxylic acids is 1. The van der Waals surface area contributed by atoms with Gasteiger partial charge in [0.25, 0.3) is 5.91 Å². The van der Waals surface area contributed by atoms with E-state index in [1.807, 2.05) is 0 Å². The largest absolute Gasteiger partial charge is 0.478 e. The Morgan fingerprint density at radius 1 is 1.50 bits per heavy atom. The maximum absolute atomic E-state index is 12.0. The molecular formula is C13H13N3O3S. The SMILES string of the molecule is O=C(O)C=Cc1ccsc1C(=O)NCCc1cnc[nH]1. The molecule has 0 aromatic carbocycles. The summed E-state index contributed by atoms with van der Waals surface area (Å²) in [6, 6.07) is 1.72. The number of carboxylic acids is 1. The summed E-state index contributed by atoms with van der Waals surface area (Å²) in [5.41, 5.74) is 1.55. The monoisotopic (exact) mass is 291 g/mol. The lowest BCUT2D eigenvalue weighted by molar-refractivity contribution is -0.131. The Kier molecular flexibility index (Phi) is 4.67. The molecule has 7 heteroatoms. The van der Waals surface area contributed by atoms with Gasteiger partial charge in [-0.3, -0.25) is 4.79 Å². The number of aromatic nitrogens is 2. The van der Waals surface area contributed by atoms with Crippen molar-refractivity contribution in [1.29, 1.82) is 0 Å². The molecule has 0 radical (unpaired) electrons. The van der Waals surface area contributed by atoms with Crippen molar-refractivity contribution < 1.29 is 14.7 Å². The summed E-state index contributed by atoms with van der Waals surface area (Å²) in [6.07, 6.45) is 6.40. The second-order valence-electron chi connectivity index (χ2n) is 3.96. The summed E-state index contributed by atoms with van der Waals surface area (Å²) in [5.74, 6) is -1.24. The average molecular weight is 291 g/mol. The Morgan fingerprint density at radius 3 is 3.05 bits per heavy atom. The molecule has 2 aromatic rings. The van der Waals surface area contributed by atoms with E-state index in [1.165, 1.54) is 17.4 Å². The van der Waals surface area contributed by atoms with Crippen molar-refractivity contribution in [1.82, 2.24) is 15.3 Å². The topological polar surface area (TPSA) is 95.1 Å². The maximum Gasteiger partial charge on any atom is 0.328 e. The Balaban J connectivity index is 1.92. The van der Waals surface area contributed by atoms with E-state index in [4.69, 9.17) is 5.11 Å². The lowest BCUT2D eigenvalue weighted by Crippen LogP contribution is -2.25. The molecule has 20 heavy (non-hydrogen) atoms. The number of imidazole rings is 1. The predicted molar refractivity (Wildman–Crippen MR) is 75.6 cm³/mol. The van der Waals surface area contributed by atoms with Gasteiger partial charge in [-0.25, -0.2) is 9.78 Å². The highest BCUT2D eigenvalue weighted by molar-refractivity contribution is 7.12. The zero-order chi connectivity index (χ0) is 14.4. The third-order valence-corrected chi connectivity index (χ3v) is 3.47. The highest BCUT2D eigenvalue weighted by Crippen LogP contribution is 2.18. The first-order valence-electron chi connectivity index (χ1n) is 5.91. The number of nitrogens with one attached hydrogen (secondary N) is 2. The second kappa shape index (κ2) is 6.67. The molecule has 0 fully saturated rings. The lowest BCUT2D eigenvalue weighted by atomic mass is 10.2. The van der Waals surface area contributed by atoms with Crippen LogP contribution in [0.2, 0.25) is 0 Å². The lowest BCUT2D eigenvalue weighted by Gasteiger charge is -2.03. The van der Waals surface area contributed by atoms with E-state index in [9.17, 15) is 9.59 Å². The molecule has 6 nitrogen and oxygen atoms in total. The molecule has 0 aliphatic heterocycles. The number of hydrogen-bond acceptors (Lipinski definition) is 4. The minimum Gasteiger partial charge on any atom is -0.478 e. The Bertz CT molecular complexity index is 617. The van der Waals surface area contributed by atoms with Gasteiger partial charge in [0.15, 0.2) is 0 Å². The van der Waals surface area contributed by atoms with Crippen molar-refractivity contribution in [2.75, 3.05) is 6.54 Å². The van der Waals surface area contributed by atoms with Gasteiger partial charge in [0.2, 0.25) is 0 Å². The standard InChI is InChI=1S/C13H13N3O3S/c17-11(18)2-1-9-4-6-20-12(9)13(19)15-5-3-10-7-14-8-16-10/h1-2,4,6-8H,3,5H2,(H,14,16)(H,15,19)(H,17,18). The van der Waals surface area contributed by atoms with Gasteiger partial charge in [-0.1, -0.05) is 0 Å². The van der Waals surface area contributed by atoms with Crippen LogP contribution in [0, 0.1) is 0 Å². The van der Waals surface area contributed by atoms with Gasteiger partial charge >= 0.3 is 5.97 Å². The van der Waals surface area contributed by atoms with Crippen molar-refractivity contribution >= 4 is 29.3 Å². The maximum atomic E-state index is 12.0. The van der Waals surface area contributed by atoms with Crippen molar-refractivity contribution in [2.45, 2.75) is 6.42 Å². The molecule has 0 atom stereocenters. The number of rotatable bonds is 6. The molecule has 0 spiro atoms. The van der Waals surface area contributed by atoms with Crippen LogP contribution in [0.1, 0.15) is 20.9 Å². The molecule has 0 saturated carbocycles. The smallest absolute Gasteiger partial charge is 0.328 e. The van der Waals surface area contributed by atoms with Gasteiger partial charge in [0.1, 0.15) is 0 Å². The summed E-state index contributed by atoms with van der Waals surface area (Å²) in [5, 5.41) is 13.1. The zero-order valence-corrected chi connectivity index (χ0v) is 11.3. The van der Waals surface area contributed by atoms with E-state index < -0.39 is 5.97 Å². The van der Waals surface area contributed by atoms with Crippen LogP contribution in [0.15, 0.2) is 30.0 Å². The van der Waals surface area contributed by atoms with Gasteiger partial charge in [0.05, 0.1) is 11.2 Å². The normalized spacial score (nSPS) is 10.8. The number of thiophene rings is 1. The third kappa shape index (κ3) is 3.79. The van der Waals surface area contributed by atoms with E-state index in [0.29, 0.717) is 23.4 Å². The fraction of sp³-hybridized carbons (Fsp3) is 0.154. The van der Waals surface area contributed by atoms with Gasteiger partial charge in [-0.15, -0.1) is 11.3 Å². The van der Waals surface area contributed by atoms with Crippen molar-refractivity contribution in [3.05, 3.63) is 46.2 Å². The van der Waals surface area contributed by atoms with Gasteiger partial charge in [0, 0.05) is 30.9 Å². The van der Waals surface area contributed by atoms with Crippen LogP contribution in [-0.2, 0) is 11.2 Å². The number of aliphatic carboxylic acids is 1. The summed E-state index contributed by atoms with van der Waals surface area (Å²) >= 11 is 1.28. The van der Waals surface area contributed by atoms with Crippen LogP contribution >= 0.6 is 11.3 Å². The first kappa shape index (κ1) is 14.0. The van der Waals surface area contributed by atoms with Gasteiger partial charge in [-0.2, -0.15) is 0 Å². The quantitative estimate of drug-likeness (QED) is 0.704. The van der Waals surface area contributed by atoms with E-state index in [-0.39, 0.29) is 5.91 Å². The molecule has 1 amide bonds. The molecular weight excluding hydrogens is 278 g/mol. The number of aromatic amines is 1. The Morgan fingerprint density at radius 2 is 2.35 bits per heavy atom. The molecule has 0 aliphatic rings. The predicted octanol–water partition coefficient (Wildman–Crippen LogP) is 1.54. The minimum absolute atomic E-state index is 0.204. The van der Waals surface area contributed by atoms with Crippen molar-refractivity contribution in [3.8, 4) is 0 Å². The highest BCUT2D eigenvalue weighted by Gasteiger charge is 2.11. The molecule has 104 valence electrons. The number of hydrogen-bond donors (Lipinski definition) is 3. The van der Waals surface area contributed by atoms with Gasteiger partial charge < -0.3 is 15.4 Å². The Labute approximate surface area is 119 Å². The molecule has 0 bridgehead atoms. The minimum atomic E-state index is -1.04. The molecule has 0 aliphatic carbocycles. The van der Waals surface area contributed by atoms with Crippen LogP contribution in [0.4, 0.5) is 0 Å². The molecule has 2 aromatic heterocycles. The van der Waals surface area contributed by atoms with Crippen LogP contribution in [0.25, 0.3) is 6.08 Å². The van der Waals surface area contributed by atoms with Crippen molar-refractivity contribution in [2.24, 2.45) is 0 Å². The molecule has 3 N–H and O–H groups in total. The molecule has 2 rings (SSSR count). The highest BCUT2D eigenvalue weighted by atomic mass is 32.1. The van der Waals surface area contributed by atoms with Crippen LogP contribution in [0.5, 0.6) is 0 Å². The van der Waals surface area contributed by atoms with Crippen molar-refractivity contribution in [3.63, 3.8) is 0 Å². The van der Waals surface area contributed by atoms with Crippen LogP contribution in [-0.4, -0.2) is 33.5 Å². The van der Waals surface area contributed by atoms with E-state index in [0.717, 1.165) is 11.8 Å². The summed E-state index contributed by atoms with van der Waals surface area (Å²) in [4.78, 5) is 29.8. The Hall–Kier alpha value is -2.41. The first-order valence-corrected chi connectivity index (χ1v) is 6.78. The number of H-pyrrole nitrogens is 1. The third-order valence-electron chi connectivity index (χ3n) is 2.54. The zero-order valence-electron chi connectivity index (χ0n) is 10.5. The fourth-order valence-corrected chi connectivity index (χ4v) is 2.41. The van der Waals surface area contributed by atoms with Crippen LogP contribution < -0.4 is 5.32 Å². The van der Waals surface area contributed by atoms with Crippen LogP contribution in [0.3, 0.4) is 0 Å². The molecule has 0 saturated heterocycles. The fourth-order valence-electron chi connectivity index (χ4n) is 1.61. The van der Waals surface area contributed by atoms with E-state index in [2.05, 4.69) is 15.3 Å². The first-order chi connectivity index (χ1) is 9.66. The molecule has 2 heterocycles.